The Morgan fingerprint density at radius 3 is 2.53 bits per heavy atom. The van der Waals surface area contributed by atoms with E-state index in [0.29, 0.717) is 11.3 Å². The summed E-state index contributed by atoms with van der Waals surface area (Å²) in [5.41, 5.74) is 0.799. The van der Waals surface area contributed by atoms with Crippen LogP contribution in [0.3, 0.4) is 0 Å². The number of hydrogen-bond donors (Lipinski definition) is 2. The van der Waals surface area contributed by atoms with Crippen LogP contribution in [0.5, 0.6) is 5.75 Å². The van der Waals surface area contributed by atoms with Gasteiger partial charge in [0.15, 0.2) is 0 Å². The smallest absolute Gasteiger partial charge is 0.322 e. The first-order valence-electron chi connectivity index (χ1n) is 12.3. The summed E-state index contributed by atoms with van der Waals surface area (Å²) in [4.78, 5) is 41.7. The minimum Gasteiger partial charge on any atom is -0.491 e. The van der Waals surface area contributed by atoms with Crippen molar-refractivity contribution in [2.45, 2.75) is 26.0 Å². The highest BCUT2D eigenvalue weighted by molar-refractivity contribution is 5.98. The van der Waals surface area contributed by atoms with E-state index in [4.69, 9.17) is 14.2 Å². The van der Waals surface area contributed by atoms with Crippen LogP contribution in [0, 0.1) is 11.7 Å². The molecule has 2 aromatic carbocycles. The maximum absolute atomic E-state index is 14.2. The largest absolute Gasteiger partial charge is 0.491 e. The van der Waals surface area contributed by atoms with Gasteiger partial charge in [-0.25, -0.2) is 9.18 Å². The normalized spacial score (nSPS) is 20.5. The van der Waals surface area contributed by atoms with Gasteiger partial charge in [0.05, 0.1) is 23.4 Å². The van der Waals surface area contributed by atoms with E-state index in [2.05, 4.69) is 10.6 Å². The maximum Gasteiger partial charge on any atom is 0.322 e. The monoisotopic (exact) mass is 530 g/mol. The van der Waals surface area contributed by atoms with E-state index in [9.17, 15) is 18.8 Å². The molecule has 206 valence electrons. The van der Waals surface area contributed by atoms with Gasteiger partial charge in [0.25, 0.3) is 5.91 Å². The number of rotatable bonds is 5. The third-order valence-corrected chi connectivity index (χ3v) is 6.38. The van der Waals surface area contributed by atoms with Crippen molar-refractivity contribution < 1.29 is 33.0 Å². The molecule has 11 heteroatoms. The van der Waals surface area contributed by atoms with E-state index in [1.165, 1.54) is 24.1 Å². The van der Waals surface area contributed by atoms with Crippen molar-refractivity contribution in [1.29, 1.82) is 0 Å². The van der Waals surface area contributed by atoms with Gasteiger partial charge in [0.1, 0.15) is 24.8 Å². The molecule has 0 saturated heterocycles. The molecule has 1 heterocycles. The van der Waals surface area contributed by atoms with E-state index >= 15 is 0 Å². The molecule has 10 nitrogen and oxygen atoms in total. The van der Waals surface area contributed by atoms with Crippen LogP contribution in [-0.2, 0) is 14.3 Å². The summed E-state index contributed by atoms with van der Waals surface area (Å²) in [5, 5.41) is 5.34. The SMILES string of the molecule is COCC(=O)Nc1ccc2c(c1)OC[C@@H](C)N(C(=O)Nc1ccccc1F)C[C@@H](C)[C@H](OC)CN(C)C2=O. The van der Waals surface area contributed by atoms with Crippen molar-refractivity contribution in [2.75, 3.05) is 58.2 Å². The van der Waals surface area contributed by atoms with Gasteiger partial charge in [-0.05, 0) is 31.2 Å². The summed E-state index contributed by atoms with van der Waals surface area (Å²) in [6, 6.07) is 9.75. The molecule has 0 radical (unpaired) electrons. The molecule has 2 aromatic rings. The number of fused-ring (bicyclic) bond motifs is 1. The quantitative estimate of drug-likeness (QED) is 0.613. The maximum atomic E-state index is 14.2. The van der Waals surface area contributed by atoms with Gasteiger partial charge >= 0.3 is 6.03 Å². The van der Waals surface area contributed by atoms with Crippen LogP contribution in [0.2, 0.25) is 0 Å². The number of ether oxygens (including phenoxy) is 3. The van der Waals surface area contributed by atoms with Gasteiger partial charge in [-0.3, -0.25) is 9.59 Å². The Labute approximate surface area is 222 Å². The number of halogens is 1. The molecule has 4 amide bonds. The molecule has 0 bridgehead atoms. The van der Waals surface area contributed by atoms with Gasteiger partial charge in [0.2, 0.25) is 5.91 Å². The number of nitrogens with zero attached hydrogens (tertiary/aromatic N) is 2. The van der Waals surface area contributed by atoms with Gasteiger partial charge in [-0.1, -0.05) is 19.1 Å². The predicted molar refractivity (Wildman–Crippen MR) is 141 cm³/mol. The van der Waals surface area contributed by atoms with Crippen LogP contribution in [0.1, 0.15) is 24.2 Å². The number of nitrogens with one attached hydrogen (secondary N) is 2. The fraction of sp³-hybridized carbons (Fsp3) is 0.444. The molecule has 2 N–H and O–H groups in total. The van der Waals surface area contributed by atoms with E-state index in [-0.39, 0.29) is 61.6 Å². The molecule has 3 atom stereocenters. The minimum absolute atomic E-state index is 0.0362. The number of carbonyl (C=O) groups is 3. The summed E-state index contributed by atoms with van der Waals surface area (Å²) < 4.78 is 30.9. The fourth-order valence-electron chi connectivity index (χ4n) is 4.21. The van der Waals surface area contributed by atoms with Gasteiger partial charge in [0, 0.05) is 52.0 Å². The lowest BCUT2D eigenvalue weighted by molar-refractivity contribution is -0.119. The molecule has 0 unspecified atom stereocenters. The van der Waals surface area contributed by atoms with Gasteiger partial charge in [-0.2, -0.15) is 0 Å². The third-order valence-electron chi connectivity index (χ3n) is 6.38. The Balaban J connectivity index is 1.94. The minimum atomic E-state index is -0.543. The lowest BCUT2D eigenvalue weighted by Gasteiger charge is -2.36. The zero-order chi connectivity index (χ0) is 27.8. The highest BCUT2D eigenvalue weighted by atomic mass is 19.1. The van der Waals surface area contributed by atoms with Crippen LogP contribution in [-0.4, -0.2) is 87.4 Å². The summed E-state index contributed by atoms with van der Waals surface area (Å²) in [5.74, 6) is -1.09. The number of para-hydroxylation sites is 1. The number of benzene rings is 2. The number of likely N-dealkylation sites (N-methyl/N-ethyl adjacent to an activating group) is 1. The van der Waals surface area contributed by atoms with E-state index in [1.54, 1.807) is 56.3 Å². The number of methoxy groups -OCH3 is 2. The highest BCUT2D eigenvalue weighted by Crippen LogP contribution is 2.27. The number of amides is 4. The first kappa shape index (κ1) is 28.9. The second-order valence-electron chi connectivity index (χ2n) is 9.35. The lowest BCUT2D eigenvalue weighted by Crippen LogP contribution is -2.50. The molecule has 38 heavy (non-hydrogen) atoms. The predicted octanol–water partition coefficient (Wildman–Crippen LogP) is 3.45. The molecule has 0 aliphatic carbocycles. The first-order chi connectivity index (χ1) is 18.1. The lowest BCUT2D eigenvalue weighted by atomic mass is 10.0. The van der Waals surface area contributed by atoms with E-state index in [0.717, 1.165) is 0 Å². The van der Waals surface area contributed by atoms with E-state index in [1.807, 2.05) is 6.92 Å². The molecule has 0 saturated carbocycles. The van der Waals surface area contributed by atoms with Crippen molar-refractivity contribution in [1.82, 2.24) is 9.80 Å². The third kappa shape index (κ3) is 7.20. The average Bonchev–Trinajstić information content (AvgIpc) is 2.89. The zero-order valence-corrected chi connectivity index (χ0v) is 22.3. The number of hydrogen-bond acceptors (Lipinski definition) is 6. The standard InChI is InChI=1S/C27H35FN4O6/c1-17-13-32(27(35)30-22-9-7-6-8-21(22)28)18(2)15-38-23-12-19(29-25(33)16-36-4)10-11-20(23)26(34)31(3)14-24(17)37-5/h6-12,17-18,24H,13-16H2,1-5H3,(H,29,33)(H,30,35)/t17-,18-,24-/m1/s1. The Morgan fingerprint density at radius 2 is 1.84 bits per heavy atom. The Morgan fingerprint density at radius 1 is 1.11 bits per heavy atom. The van der Waals surface area contributed by atoms with Crippen LogP contribution >= 0.6 is 0 Å². The van der Waals surface area contributed by atoms with Crippen molar-refractivity contribution in [3.8, 4) is 5.75 Å². The van der Waals surface area contributed by atoms with Crippen LogP contribution in [0.4, 0.5) is 20.6 Å². The second kappa shape index (κ2) is 13.2. The van der Waals surface area contributed by atoms with Crippen molar-refractivity contribution in [3.63, 3.8) is 0 Å². The first-order valence-corrected chi connectivity index (χ1v) is 12.3. The van der Waals surface area contributed by atoms with Crippen LogP contribution < -0.4 is 15.4 Å². The number of urea groups is 1. The van der Waals surface area contributed by atoms with Crippen LogP contribution in [0.15, 0.2) is 42.5 Å². The summed E-state index contributed by atoms with van der Waals surface area (Å²) in [6.07, 6.45) is -0.378. The van der Waals surface area contributed by atoms with Crippen molar-refractivity contribution >= 4 is 29.2 Å². The molecule has 3 rings (SSSR count). The number of anilines is 2. The second-order valence-corrected chi connectivity index (χ2v) is 9.35. The van der Waals surface area contributed by atoms with Gasteiger partial charge in [-0.15, -0.1) is 0 Å². The summed E-state index contributed by atoms with van der Waals surface area (Å²) >= 11 is 0. The Kier molecular flexibility index (Phi) is 10.0. The molecular formula is C27H35FN4O6. The Hall–Kier alpha value is -3.70. The molecule has 1 aliphatic rings. The topological polar surface area (TPSA) is 109 Å². The zero-order valence-electron chi connectivity index (χ0n) is 22.3. The van der Waals surface area contributed by atoms with Gasteiger partial charge < -0.3 is 34.6 Å². The molecule has 1 aliphatic heterocycles. The van der Waals surface area contributed by atoms with Crippen molar-refractivity contribution in [3.05, 3.63) is 53.8 Å². The van der Waals surface area contributed by atoms with Crippen LogP contribution in [0.25, 0.3) is 0 Å². The average molecular weight is 531 g/mol. The number of carbonyl (C=O) groups excluding carboxylic acids is 3. The van der Waals surface area contributed by atoms with Crippen molar-refractivity contribution in [2.24, 2.45) is 5.92 Å². The molecular weight excluding hydrogens is 495 g/mol. The molecule has 0 spiro atoms. The summed E-state index contributed by atoms with van der Waals surface area (Å²) in [6.45, 7) is 4.18. The summed E-state index contributed by atoms with van der Waals surface area (Å²) in [7, 11) is 4.64. The molecule has 0 aromatic heterocycles. The Bertz CT molecular complexity index is 1150. The molecule has 0 fully saturated rings. The van der Waals surface area contributed by atoms with E-state index < -0.39 is 17.9 Å². The highest BCUT2D eigenvalue weighted by Gasteiger charge is 2.30. The fourth-order valence-corrected chi connectivity index (χ4v) is 4.21.